The van der Waals surface area contributed by atoms with Gasteiger partial charge >= 0.3 is 0 Å². The molecular weight excluding hydrogens is 398 g/mol. The molecule has 8 heteroatoms. The molecule has 0 aliphatic rings. The Hall–Kier alpha value is -1.64. The van der Waals surface area contributed by atoms with Crippen LogP contribution < -0.4 is 15.4 Å². The molecule has 1 aromatic rings. The van der Waals surface area contributed by atoms with Crippen LogP contribution in [-0.4, -0.2) is 57.5 Å². The fourth-order valence-electron chi connectivity index (χ4n) is 3.46. The molecule has 0 spiro atoms. The van der Waals surface area contributed by atoms with Gasteiger partial charge in [0.1, 0.15) is 0 Å². The van der Waals surface area contributed by atoms with Gasteiger partial charge in [0.25, 0.3) is 0 Å². The number of hydrogen-bond donors (Lipinski definition) is 3. The van der Waals surface area contributed by atoms with Gasteiger partial charge < -0.3 is 10.6 Å². The van der Waals surface area contributed by atoms with Crippen molar-refractivity contribution in [2.75, 3.05) is 20.1 Å². The number of hydrogen-bond acceptors (Lipinski definition) is 4. The number of guanidine groups is 1. The summed E-state index contributed by atoms with van der Waals surface area (Å²) >= 11 is 0. The fraction of sp³-hybridized carbons (Fsp3) is 0.682. The van der Waals surface area contributed by atoms with E-state index in [1.54, 1.807) is 7.05 Å². The number of nitrogens with zero attached hydrogens (tertiary/aromatic N) is 2. The largest absolute Gasteiger partial charge is 0.356 e. The Balaban J connectivity index is 2.60. The van der Waals surface area contributed by atoms with Crippen molar-refractivity contribution in [1.29, 1.82) is 0 Å². The molecule has 1 rings (SSSR count). The summed E-state index contributed by atoms with van der Waals surface area (Å²) in [5, 5.41) is 6.64. The van der Waals surface area contributed by atoms with Crippen LogP contribution in [0, 0.1) is 0 Å². The van der Waals surface area contributed by atoms with Crippen molar-refractivity contribution in [2.45, 2.75) is 78.4 Å². The summed E-state index contributed by atoms with van der Waals surface area (Å²) in [5.74, 6) is 0.684. The highest BCUT2D eigenvalue weighted by atomic mass is 32.2. The molecule has 0 amide bonds. The third kappa shape index (κ3) is 9.91. The minimum atomic E-state index is -3.37. The molecule has 0 radical (unpaired) electrons. The molecular formula is C22H41N5O2S. The molecule has 172 valence electrons. The lowest BCUT2D eigenvalue weighted by atomic mass is 10.1. The molecule has 30 heavy (non-hydrogen) atoms. The normalized spacial score (nSPS) is 13.0. The lowest BCUT2D eigenvalue weighted by molar-refractivity contribution is 0.173. The van der Waals surface area contributed by atoms with E-state index in [1.165, 1.54) is 0 Å². The molecule has 0 saturated carbocycles. The lowest BCUT2D eigenvalue weighted by Gasteiger charge is -2.30. The summed E-state index contributed by atoms with van der Waals surface area (Å²) in [7, 11) is -1.63. The Morgan fingerprint density at radius 1 is 1.00 bits per heavy atom. The van der Waals surface area contributed by atoms with Gasteiger partial charge in [0.2, 0.25) is 10.0 Å². The van der Waals surface area contributed by atoms with E-state index in [4.69, 9.17) is 0 Å². The SMILES string of the molecule is CN=C(NCCCN(C(C)C)C(C)C)NCc1ccccc1CS(=O)(=O)NC(C)C. The third-order valence-electron chi connectivity index (χ3n) is 4.76. The van der Waals surface area contributed by atoms with E-state index >= 15 is 0 Å². The number of benzene rings is 1. The predicted octanol–water partition coefficient (Wildman–Crippen LogP) is 2.69. The summed E-state index contributed by atoms with van der Waals surface area (Å²) in [6.45, 7) is 14.9. The van der Waals surface area contributed by atoms with Gasteiger partial charge in [0.15, 0.2) is 5.96 Å². The highest BCUT2D eigenvalue weighted by Crippen LogP contribution is 2.12. The summed E-state index contributed by atoms with van der Waals surface area (Å²) in [6, 6.07) is 8.53. The van der Waals surface area contributed by atoms with Crippen LogP contribution in [0.1, 0.15) is 59.1 Å². The van der Waals surface area contributed by atoms with Crippen molar-refractivity contribution in [3.63, 3.8) is 0 Å². The zero-order valence-electron chi connectivity index (χ0n) is 19.7. The molecule has 1 aromatic carbocycles. The molecule has 7 nitrogen and oxygen atoms in total. The van der Waals surface area contributed by atoms with E-state index in [0.717, 1.165) is 30.6 Å². The van der Waals surface area contributed by atoms with Gasteiger partial charge in [-0.1, -0.05) is 24.3 Å². The summed E-state index contributed by atoms with van der Waals surface area (Å²) in [6.07, 6.45) is 1.02. The molecule has 0 fully saturated rings. The van der Waals surface area contributed by atoms with Crippen LogP contribution in [-0.2, 0) is 22.3 Å². The van der Waals surface area contributed by atoms with Crippen molar-refractivity contribution >= 4 is 16.0 Å². The summed E-state index contributed by atoms with van der Waals surface area (Å²) < 4.78 is 27.3. The number of nitrogens with one attached hydrogen (secondary N) is 3. The molecule has 0 aliphatic heterocycles. The molecule has 0 heterocycles. The lowest BCUT2D eigenvalue weighted by Crippen LogP contribution is -2.41. The Morgan fingerprint density at radius 2 is 1.60 bits per heavy atom. The van der Waals surface area contributed by atoms with Crippen LogP contribution in [0.3, 0.4) is 0 Å². The molecule has 0 bridgehead atoms. The Kier molecular flexibility index (Phi) is 11.4. The monoisotopic (exact) mass is 439 g/mol. The quantitative estimate of drug-likeness (QED) is 0.265. The highest BCUT2D eigenvalue weighted by Gasteiger charge is 2.15. The molecule has 0 atom stereocenters. The highest BCUT2D eigenvalue weighted by molar-refractivity contribution is 7.88. The minimum Gasteiger partial charge on any atom is -0.356 e. The van der Waals surface area contributed by atoms with Crippen molar-refractivity contribution in [1.82, 2.24) is 20.3 Å². The van der Waals surface area contributed by atoms with Crippen molar-refractivity contribution in [3.05, 3.63) is 35.4 Å². The second-order valence-corrected chi connectivity index (χ2v) is 10.2. The van der Waals surface area contributed by atoms with Gasteiger partial charge in [-0.25, -0.2) is 13.1 Å². The van der Waals surface area contributed by atoms with Gasteiger partial charge in [-0.3, -0.25) is 9.89 Å². The number of sulfonamides is 1. The van der Waals surface area contributed by atoms with Crippen molar-refractivity contribution in [2.24, 2.45) is 4.99 Å². The predicted molar refractivity (Wildman–Crippen MR) is 127 cm³/mol. The molecule has 0 saturated heterocycles. The second kappa shape index (κ2) is 12.9. The Morgan fingerprint density at radius 3 is 2.13 bits per heavy atom. The first-order valence-corrected chi connectivity index (χ1v) is 12.5. The van der Waals surface area contributed by atoms with Gasteiger partial charge in [-0.05, 0) is 59.1 Å². The molecule has 0 aromatic heterocycles. The minimum absolute atomic E-state index is 0.0324. The van der Waals surface area contributed by atoms with Gasteiger partial charge in [-0.15, -0.1) is 0 Å². The van der Waals surface area contributed by atoms with Crippen LogP contribution in [0.2, 0.25) is 0 Å². The van der Waals surface area contributed by atoms with Gasteiger partial charge in [-0.2, -0.15) is 0 Å². The van der Waals surface area contributed by atoms with Crippen LogP contribution in [0.5, 0.6) is 0 Å². The summed E-state index contributed by atoms with van der Waals surface area (Å²) in [5.41, 5.74) is 1.73. The van der Waals surface area contributed by atoms with Crippen LogP contribution in [0.4, 0.5) is 0 Å². The maximum atomic E-state index is 12.3. The standard InChI is InChI=1S/C22H41N5O2S/c1-17(2)26-30(28,29)16-21-12-9-8-11-20(21)15-25-22(23-7)24-13-10-14-27(18(3)4)19(5)6/h8-9,11-12,17-19,26H,10,13-16H2,1-7H3,(H2,23,24,25). The maximum Gasteiger partial charge on any atom is 0.216 e. The van der Waals surface area contributed by atoms with Crippen LogP contribution in [0.25, 0.3) is 0 Å². The first-order valence-electron chi connectivity index (χ1n) is 10.8. The first-order chi connectivity index (χ1) is 14.1. The zero-order valence-corrected chi connectivity index (χ0v) is 20.5. The van der Waals surface area contributed by atoms with Crippen LogP contribution in [0.15, 0.2) is 29.3 Å². The average Bonchev–Trinajstić information content (AvgIpc) is 2.63. The van der Waals surface area contributed by atoms with E-state index in [9.17, 15) is 8.42 Å². The number of aliphatic imine (C=N–C) groups is 1. The second-order valence-electron chi connectivity index (χ2n) is 8.43. The van der Waals surface area contributed by atoms with Gasteiger partial charge in [0, 0.05) is 44.8 Å². The first kappa shape index (κ1) is 26.4. The summed E-state index contributed by atoms with van der Waals surface area (Å²) in [4.78, 5) is 6.76. The van der Waals surface area contributed by atoms with Gasteiger partial charge in [0.05, 0.1) is 5.75 Å². The molecule has 0 aliphatic carbocycles. The van der Waals surface area contributed by atoms with E-state index in [2.05, 4.69) is 52.9 Å². The van der Waals surface area contributed by atoms with E-state index in [0.29, 0.717) is 24.6 Å². The van der Waals surface area contributed by atoms with Crippen molar-refractivity contribution < 1.29 is 8.42 Å². The van der Waals surface area contributed by atoms with Crippen LogP contribution >= 0.6 is 0 Å². The van der Waals surface area contributed by atoms with E-state index in [1.807, 2.05) is 38.1 Å². The zero-order chi connectivity index (χ0) is 22.7. The Labute approximate surface area is 183 Å². The third-order valence-corrected chi connectivity index (χ3v) is 6.28. The fourth-order valence-corrected chi connectivity index (χ4v) is 4.95. The van der Waals surface area contributed by atoms with Crippen molar-refractivity contribution in [3.8, 4) is 0 Å². The van der Waals surface area contributed by atoms with E-state index < -0.39 is 10.0 Å². The average molecular weight is 440 g/mol. The molecule has 0 unspecified atom stereocenters. The molecule has 3 N–H and O–H groups in total. The smallest absolute Gasteiger partial charge is 0.216 e. The topological polar surface area (TPSA) is 85.8 Å². The maximum absolute atomic E-state index is 12.3. The number of rotatable bonds is 12. The van der Waals surface area contributed by atoms with E-state index in [-0.39, 0.29) is 11.8 Å². The Bertz CT molecular complexity index is 753.